The Kier molecular flexibility index (Phi) is 3.77. The molecule has 16 heavy (non-hydrogen) atoms. The van der Waals surface area contributed by atoms with Gasteiger partial charge in [0.2, 0.25) is 0 Å². The second-order valence-corrected chi connectivity index (χ2v) is 4.61. The van der Waals surface area contributed by atoms with E-state index in [0.29, 0.717) is 0 Å². The van der Waals surface area contributed by atoms with Crippen molar-refractivity contribution in [3.05, 3.63) is 46.0 Å². The van der Waals surface area contributed by atoms with Crippen LogP contribution in [0, 0.1) is 0 Å². The fraction of sp³-hybridized carbons (Fsp3) is 0.333. The predicted molar refractivity (Wildman–Crippen MR) is 66.2 cm³/mol. The Labute approximate surface area is 99.2 Å². The lowest BCUT2D eigenvalue weighted by Crippen LogP contribution is -2.29. The van der Waals surface area contributed by atoms with Gasteiger partial charge in [-0.2, -0.15) is 0 Å². The third kappa shape index (κ3) is 2.35. The van der Waals surface area contributed by atoms with Gasteiger partial charge in [-0.3, -0.25) is 11.3 Å². The van der Waals surface area contributed by atoms with E-state index in [4.69, 9.17) is 10.3 Å². The lowest BCUT2D eigenvalue weighted by atomic mass is 10.1. The lowest BCUT2D eigenvalue weighted by molar-refractivity contribution is 0.457. The second-order valence-electron chi connectivity index (χ2n) is 3.67. The molecule has 1 atom stereocenters. The smallest absolute Gasteiger partial charge is 0.105 e. The molecule has 0 aliphatic carbocycles. The molecule has 0 radical (unpaired) electrons. The molecule has 0 aliphatic rings. The summed E-state index contributed by atoms with van der Waals surface area (Å²) >= 11 is 1.74. The van der Waals surface area contributed by atoms with Crippen LogP contribution < -0.4 is 11.3 Å². The van der Waals surface area contributed by atoms with Gasteiger partial charge in [-0.15, -0.1) is 11.3 Å². The Morgan fingerprint density at radius 1 is 1.50 bits per heavy atom. The minimum absolute atomic E-state index is 0.140. The molecule has 3 nitrogen and oxygen atoms in total. The maximum absolute atomic E-state index is 5.62. The highest BCUT2D eigenvalue weighted by Gasteiger charge is 2.16. The number of rotatable bonds is 5. The topological polar surface area (TPSA) is 51.2 Å². The quantitative estimate of drug-likeness (QED) is 0.620. The van der Waals surface area contributed by atoms with E-state index in [-0.39, 0.29) is 6.04 Å². The van der Waals surface area contributed by atoms with Crippen LogP contribution in [0.15, 0.2) is 34.3 Å². The first-order valence-corrected chi connectivity index (χ1v) is 6.28. The molecule has 0 fully saturated rings. The average Bonchev–Trinajstić information content (AvgIpc) is 2.96. The molecule has 4 heteroatoms. The Hall–Kier alpha value is -1.10. The van der Waals surface area contributed by atoms with Gasteiger partial charge >= 0.3 is 0 Å². The normalized spacial score (nSPS) is 12.9. The average molecular weight is 236 g/mol. The Morgan fingerprint density at radius 2 is 2.38 bits per heavy atom. The number of thiophene rings is 1. The van der Waals surface area contributed by atoms with E-state index >= 15 is 0 Å². The number of furan rings is 1. The van der Waals surface area contributed by atoms with Crippen molar-refractivity contribution in [1.29, 1.82) is 0 Å². The van der Waals surface area contributed by atoms with Crippen LogP contribution in [0.3, 0.4) is 0 Å². The fourth-order valence-corrected chi connectivity index (χ4v) is 2.86. The first kappa shape index (κ1) is 11.4. The third-order valence-corrected chi connectivity index (χ3v) is 3.74. The molecule has 0 amide bonds. The molecule has 2 heterocycles. The van der Waals surface area contributed by atoms with Crippen LogP contribution in [-0.4, -0.2) is 0 Å². The minimum Gasteiger partial charge on any atom is -0.469 e. The summed E-state index contributed by atoms with van der Waals surface area (Å²) in [6.45, 7) is 2.16. The zero-order valence-electron chi connectivity index (χ0n) is 9.27. The molecule has 1 unspecified atom stereocenters. The molecule has 0 aromatic carbocycles. The van der Waals surface area contributed by atoms with Crippen molar-refractivity contribution in [3.63, 3.8) is 0 Å². The molecule has 0 spiro atoms. The van der Waals surface area contributed by atoms with Crippen LogP contribution in [0.2, 0.25) is 0 Å². The number of nitrogens with two attached hydrogens (primary N) is 1. The highest BCUT2D eigenvalue weighted by atomic mass is 32.1. The van der Waals surface area contributed by atoms with E-state index in [1.807, 2.05) is 12.1 Å². The zero-order valence-corrected chi connectivity index (χ0v) is 10.1. The Morgan fingerprint density at radius 3 is 3.00 bits per heavy atom. The van der Waals surface area contributed by atoms with Crippen molar-refractivity contribution in [2.75, 3.05) is 0 Å². The van der Waals surface area contributed by atoms with Gasteiger partial charge in [0, 0.05) is 11.3 Å². The second kappa shape index (κ2) is 5.30. The van der Waals surface area contributed by atoms with Crippen molar-refractivity contribution in [1.82, 2.24) is 5.43 Å². The lowest BCUT2D eigenvalue weighted by Gasteiger charge is -2.14. The maximum Gasteiger partial charge on any atom is 0.105 e. The molecule has 0 aliphatic heterocycles. The van der Waals surface area contributed by atoms with Gasteiger partial charge in [-0.25, -0.2) is 0 Å². The molecule has 0 saturated heterocycles. The largest absolute Gasteiger partial charge is 0.469 e. The SMILES string of the molecule is CCc1ccsc1C(Cc1ccco1)NN. The van der Waals surface area contributed by atoms with Gasteiger partial charge in [0.1, 0.15) is 5.76 Å². The molecular formula is C12H16N2OS. The molecule has 3 N–H and O–H groups in total. The molecule has 2 aromatic heterocycles. The van der Waals surface area contributed by atoms with Gasteiger partial charge in [-0.1, -0.05) is 6.92 Å². The fourth-order valence-electron chi connectivity index (χ4n) is 1.80. The van der Waals surface area contributed by atoms with E-state index in [1.165, 1.54) is 10.4 Å². The standard InChI is InChI=1S/C12H16N2OS/c1-2-9-5-7-16-12(9)11(14-13)8-10-4-3-6-15-10/h3-7,11,14H,2,8,13H2,1H3. The van der Waals surface area contributed by atoms with Crippen LogP contribution in [0.1, 0.15) is 29.2 Å². The molecule has 0 saturated carbocycles. The summed E-state index contributed by atoms with van der Waals surface area (Å²) in [5.74, 6) is 6.58. The molecular weight excluding hydrogens is 220 g/mol. The van der Waals surface area contributed by atoms with Gasteiger partial charge in [0.25, 0.3) is 0 Å². The van der Waals surface area contributed by atoms with E-state index < -0.39 is 0 Å². The molecule has 2 rings (SSSR count). The van der Waals surface area contributed by atoms with Crippen LogP contribution in [0.4, 0.5) is 0 Å². The molecule has 0 bridgehead atoms. The van der Waals surface area contributed by atoms with Crippen LogP contribution >= 0.6 is 11.3 Å². The number of nitrogens with one attached hydrogen (secondary N) is 1. The highest BCUT2D eigenvalue weighted by Crippen LogP contribution is 2.27. The van der Waals surface area contributed by atoms with E-state index in [9.17, 15) is 0 Å². The first-order valence-electron chi connectivity index (χ1n) is 5.40. The van der Waals surface area contributed by atoms with Gasteiger partial charge in [0.05, 0.1) is 12.3 Å². The Balaban J connectivity index is 2.16. The predicted octanol–water partition coefficient (Wildman–Crippen LogP) is 2.65. The van der Waals surface area contributed by atoms with Crippen molar-refractivity contribution in [2.24, 2.45) is 5.84 Å². The van der Waals surface area contributed by atoms with E-state index in [1.54, 1.807) is 17.6 Å². The third-order valence-electron chi connectivity index (χ3n) is 2.66. The van der Waals surface area contributed by atoms with Crippen molar-refractivity contribution < 1.29 is 4.42 Å². The summed E-state index contributed by atoms with van der Waals surface area (Å²) in [6.07, 6.45) is 3.52. The number of hydrazine groups is 1. The zero-order chi connectivity index (χ0) is 11.4. The summed E-state index contributed by atoms with van der Waals surface area (Å²) < 4.78 is 5.35. The van der Waals surface area contributed by atoms with Crippen molar-refractivity contribution in [3.8, 4) is 0 Å². The number of aryl methyl sites for hydroxylation is 1. The van der Waals surface area contributed by atoms with Gasteiger partial charge < -0.3 is 4.42 Å². The summed E-state index contributed by atoms with van der Waals surface area (Å²) in [4.78, 5) is 1.31. The number of hydrogen-bond acceptors (Lipinski definition) is 4. The summed E-state index contributed by atoms with van der Waals surface area (Å²) in [5, 5.41) is 2.11. The Bertz CT molecular complexity index is 422. The maximum atomic E-state index is 5.62. The molecule has 2 aromatic rings. The van der Waals surface area contributed by atoms with Gasteiger partial charge in [0.15, 0.2) is 0 Å². The van der Waals surface area contributed by atoms with Crippen LogP contribution in [-0.2, 0) is 12.8 Å². The van der Waals surface area contributed by atoms with E-state index in [2.05, 4.69) is 23.8 Å². The van der Waals surface area contributed by atoms with Crippen LogP contribution in [0.5, 0.6) is 0 Å². The first-order chi connectivity index (χ1) is 7.85. The summed E-state index contributed by atoms with van der Waals surface area (Å²) in [5.41, 5.74) is 4.23. The van der Waals surface area contributed by atoms with E-state index in [0.717, 1.165) is 18.6 Å². The monoisotopic (exact) mass is 236 g/mol. The molecule has 86 valence electrons. The summed E-state index contributed by atoms with van der Waals surface area (Å²) in [6, 6.07) is 6.18. The van der Waals surface area contributed by atoms with Crippen molar-refractivity contribution in [2.45, 2.75) is 25.8 Å². The minimum atomic E-state index is 0.140. The van der Waals surface area contributed by atoms with Gasteiger partial charge in [-0.05, 0) is 35.6 Å². The van der Waals surface area contributed by atoms with Crippen molar-refractivity contribution >= 4 is 11.3 Å². The number of hydrogen-bond donors (Lipinski definition) is 2. The van der Waals surface area contributed by atoms with Crippen LogP contribution in [0.25, 0.3) is 0 Å². The summed E-state index contributed by atoms with van der Waals surface area (Å²) in [7, 11) is 0. The highest BCUT2D eigenvalue weighted by molar-refractivity contribution is 7.10.